The Kier molecular flexibility index (Phi) is 6.99. The van der Waals surface area contributed by atoms with E-state index >= 15 is 0 Å². The Labute approximate surface area is 126 Å². The highest BCUT2D eigenvalue weighted by molar-refractivity contribution is 5.88. The monoisotopic (exact) mass is 298 g/mol. The average molecular weight is 299 g/mol. The van der Waals surface area contributed by atoms with Crippen molar-refractivity contribution in [3.05, 3.63) is 35.9 Å². The fourth-order valence-electron chi connectivity index (χ4n) is 1.85. The summed E-state index contributed by atoms with van der Waals surface area (Å²) in [4.78, 5) is 11.5. The number of hydrogen-bond donors (Lipinski definition) is 2. The fourth-order valence-corrected chi connectivity index (χ4v) is 1.85. The Morgan fingerprint density at radius 1 is 1.25 bits per heavy atom. The summed E-state index contributed by atoms with van der Waals surface area (Å²) in [6.45, 7) is 2.03. The molecule has 1 fully saturated rings. The van der Waals surface area contributed by atoms with Crippen molar-refractivity contribution in [1.82, 2.24) is 5.32 Å². The van der Waals surface area contributed by atoms with Crippen molar-refractivity contribution in [3.63, 3.8) is 0 Å². The van der Waals surface area contributed by atoms with Gasteiger partial charge in [-0.15, -0.1) is 12.4 Å². The largest absolute Gasteiger partial charge is 0.381 e. The van der Waals surface area contributed by atoms with E-state index in [0.717, 1.165) is 32.3 Å². The first-order valence-corrected chi connectivity index (χ1v) is 6.90. The van der Waals surface area contributed by atoms with Crippen LogP contribution in [0.4, 0.5) is 0 Å². The van der Waals surface area contributed by atoms with E-state index in [9.17, 15) is 4.79 Å². The molecular weight excluding hydrogens is 276 g/mol. The van der Waals surface area contributed by atoms with Gasteiger partial charge in [-0.05, 0) is 31.2 Å². The molecule has 112 valence electrons. The van der Waals surface area contributed by atoms with E-state index in [2.05, 4.69) is 17.4 Å². The van der Waals surface area contributed by atoms with Crippen LogP contribution in [0.1, 0.15) is 24.8 Å². The van der Waals surface area contributed by atoms with E-state index in [1.807, 2.05) is 18.2 Å². The van der Waals surface area contributed by atoms with Crippen molar-refractivity contribution in [1.29, 1.82) is 0 Å². The number of carbonyl (C=O) groups is 1. The molecule has 0 saturated heterocycles. The molecule has 1 aromatic carbocycles. The van der Waals surface area contributed by atoms with E-state index in [4.69, 9.17) is 10.5 Å². The molecule has 0 radical (unpaired) electrons. The third-order valence-electron chi connectivity index (χ3n) is 3.37. The number of benzene rings is 1. The Morgan fingerprint density at radius 2 is 1.95 bits per heavy atom. The van der Waals surface area contributed by atoms with Crippen molar-refractivity contribution in [3.8, 4) is 0 Å². The summed E-state index contributed by atoms with van der Waals surface area (Å²) in [5, 5.41) is 2.85. The SMILES string of the molecule is Cl.NC1(C(=O)NCCCOCCc2ccccc2)CC1. The molecule has 0 aliphatic heterocycles. The van der Waals surface area contributed by atoms with Crippen molar-refractivity contribution in [2.75, 3.05) is 19.8 Å². The molecule has 4 nitrogen and oxygen atoms in total. The molecule has 1 aliphatic rings. The molecule has 1 saturated carbocycles. The van der Waals surface area contributed by atoms with Gasteiger partial charge >= 0.3 is 0 Å². The molecule has 0 aromatic heterocycles. The summed E-state index contributed by atoms with van der Waals surface area (Å²) < 4.78 is 5.54. The van der Waals surface area contributed by atoms with E-state index in [-0.39, 0.29) is 18.3 Å². The minimum Gasteiger partial charge on any atom is -0.381 e. The number of hydrogen-bond acceptors (Lipinski definition) is 3. The standard InChI is InChI=1S/C15H22N2O2.ClH/c16-15(8-9-15)14(18)17-10-4-11-19-12-7-13-5-2-1-3-6-13;/h1-3,5-6H,4,7-12,16H2,(H,17,18);1H. The second-order valence-corrected chi connectivity index (χ2v) is 5.11. The Hall–Kier alpha value is -1.10. The molecule has 1 aromatic rings. The lowest BCUT2D eigenvalue weighted by atomic mass is 10.2. The zero-order valence-electron chi connectivity index (χ0n) is 11.6. The van der Waals surface area contributed by atoms with Crippen LogP contribution < -0.4 is 11.1 Å². The van der Waals surface area contributed by atoms with Crippen LogP contribution in [0.25, 0.3) is 0 Å². The van der Waals surface area contributed by atoms with Gasteiger partial charge in [0.15, 0.2) is 0 Å². The summed E-state index contributed by atoms with van der Waals surface area (Å²) in [5.74, 6) is -0.0169. The number of nitrogens with two attached hydrogens (primary N) is 1. The number of carbonyl (C=O) groups excluding carboxylic acids is 1. The minimum absolute atomic E-state index is 0. The molecule has 5 heteroatoms. The molecule has 0 unspecified atom stereocenters. The summed E-state index contributed by atoms with van der Waals surface area (Å²) in [5.41, 5.74) is 6.50. The molecule has 3 N–H and O–H groups in total. The van der Waals surface area contributed by atoms with Gasteiger partial charge in [0.25, 0.3) is 0 Å². The predicted octanol–water partition coefficient (Wildman–Crippen LogP) is 1.67. The lowest BCUT2D eigenvalue weighted by molar-refractivity contribution is -0.123. The van der Waals surface area contributed by atoms with Gasteiger partial charge in [0.2, 0.25) is 5.91 Å². The molecule has 0 heterocycles. The van der Waals surface area contributed by atoms with Gasteiger partial charge < -0.3 is 15.8 Å². The van der Waals surface area contributed by atoms with Gasteiger partial charge in [-0.2, -0.15) is 0 Å². The first-order chi connectivity index (χ1) is 9.21. The number of halogens is 1. The Morgan fingerprint density at radius 3 is 2.60 bits per heavy atom. The van der Waals surface area contributed by atoms with E-state index < -0.39 is 5.54 Å². The zero-order valence-corrected chi connectivity index (χ0v) is 12.5. The van der Waals surface area contributed by atoms with Crippen molar-refractivity contribution in [2.45, 2.75) is 31.2 Å². The lowest BCUT2D eigenvalue weighted by Gasteiger charge is -2.10. The van der Waals surface area contributed by atoms with Crippen molar-refractivity contribution >= 4 is 18.3 Å². The average Bonchev–Trinajstić information content (AvgIpc) is 3.18. The lowest BCUT2D eigenvalue weighted by Crippen LogP contribution is -2.43. The van der Waals surface area contributed by atoms with Gasteiger partial charge in [-0.25, -0.2) is 0 Å². The zero-order chi connectivity index (χ0) is 13.6. The third-order valence-corrected chi connectivity index (χ3v) is 3.37. The summed E-state index contributed by atoms with van der Waals surface area (Å²) in [6.07, 6.45) is 3.38. The van der Waals surface area contributed by atoms with Gasteiger partial charge in [-0.1, -0.05) is 30.3 Å². The van der Waals surface area contributed by atoms with Gasteiger partial charge in [-0.3, -0.25) is 4.79 Å². The highest BCUT2D eigenvalue weighted by Gasteiger charge is 2.45. The van der Waals surface area contributed by atoms with Crippen LogP contribution in [0.2, 0.25) is 0 Å². The molecule has 1 aliphatic carbocycles. The fraction of sp³-hybridized carbons (Fsp3) is 0.533. The van der Waals surface area contributed by atoms with Crippen LogP contribution in [0.5, 0.6) is 0 Å². The third kappa shape index (κ3) is 5.49. The van der Waals surface area contributed by atoms with Crippen LogP contribution in [-0.4, -0.2) is 31.2 Å². The highest BCUT2D eigenvalue weighted by Crippen LogP contribution is 2.31. The summed E-state index contributed by atoms with van der Waals surface area (Å²) >= 11 is 0. The quantitative estimate of drug-likeness (QED) is 0.718. The van der Waals surface area contributed by atoms with Gasteiger partial charge in [0.05, 0.1) is 12.1 Å². The molecular formula is C15H23ClN2O2. The smallest absolute Gasteiger partial charge is 0.240 e. The van der Waals surface area contributed by atoms with Gasteiger partial charge in [0.1, 0.15) is 0 Å². The molecule has 0 atom stereocenters. The molecule has 1 amide bonds. The number of ether oxygens (including phenoxy) is 1. The maximum absolute atomic E-state index is 11.5. The van der Waals surface area contributed by atoms with Crippen molar-refractivity contribution in [2.24, 2.45) is 5.73 Å². The van der Waals surface area contributed by atoms with Crippen LogP contribution in [0.3, 0.4) is 0 Å². The molecule has 2 rings (SSSR count). The van der Waals surface area contributed by atoms with Gasteiger partial charge in [0, 0.05) is 13.2 Å². The second kappa shape index (κ2) is 8.25. The molecule has 20 heavy (non-hydrogen) atoms. The molecule has 0 bridgehead atoms. The second-order valence-electron chi connectivity index (χ2n) is 5.11. The van der Waals surface area contributed by atoms with Crippen LogP contribution in [0, 0.1) is 0 Å². The number of rotatable bonds is 8. The van der Waals surface area contributed by atoms with Crippen LogP contribution in [-0.2, 0) is 16.0 Å². The minimum atomic E-state index is -0.561. The van der Waals surface area contributed by atoms with Crippen molar-refractivity contribution < 1.29 is 9.53 Å². The van der Waals surface area contributed by atoms with E-state index in [0.29, 0.717) is 13.2 Å². The van der Waals surface area contributed by atoms with E-state index in [1.165, 1.54) is 5.56 Å². The van der Waals surface area contributed by atoms with E-state index in [1.54, 1.807) is 0 Å². The maximum Gasteiger partial charge on any atom is 0.240 e. The summed E-state index contributed by atoms with van der Waals surface area (Å²) in [6, 6.07) is 10.3. The predicted molar refractivity (Wildman–Crippen MR) is 82.0 cm³/mol. The normalized spacial score (nSPS) is 15.2. The van der Waals surface area contributed by atoms with Crippen LogP contribution >= 0.6 is 12.4 Å². The number of nitrogens with one attached hydrogen (secondary N) is 1. The van der Waals surface area contributed by atoms with Crippen LogP contribution in [0.15, 0.2) is 30.3 Å². The maximum atomic E-state index is 11.5. The Bertz CT molecular complexity index is 408. The molecule has 0 spiro atoms. The first-order valence-electron chi connectivity index (χ1n) is 6.90. The highest BCUT2D eigenvalue weighted by atomic mass is 35.5. The summed E-state index contributed by atoms with van der Waals surface area (Å²) in [7, 11) is 0. The number of amides is 1. The Balaban J connectivity index is 0.00000200. The topological polar surface area (TPSA) is 64.4 Å². The first kappa shape index (κ1) is 17.0.